The normalized spacial score (nSPS) is 18.3. The number of anilines is 1. The van der Waals surface area contributed by atoms with Gasteiger partial charge in [0, 0.05) is 13.1 Å². The van der Waals surface area contributed by atoms with Gasteiger partial charge in [0.1, 0.15) is 5.69 Å². The molecule has 0 saturated carbocycles. The summed E-state index contributed by atoms with van der Waals surface area (Å²) in [6, 6.07) is 2.55. The van der Waals surface area contributed by atoms with Crippen LogP contribution in [0.15, 0.2) is 18.3 Å². The molecule has 0 amide bonds. The summed E-state index contributed by atoms with van der Waals surface area (Å²) in [5.74, 6) is 0. The molecule has 0 aromatic carbocycles. The maximum atomic E-state index is 12.4. The van der Waals surface area contributed by atoms with Crippen LogP contribution in [0, 0.1) is 0 Å². The Morgan fingerprint density at radius 1 is 1.11 bits per heavy atom. The Kier molecular flexibility index (Phi) is 4.06. The van der Waals surface area contributed by atoms with Crippen LogP contribution in [0.1, 0.15) is 18.5 Å². The summed E-state index contributed by atoms with van der Waals surface area (Å²) in [6.07, 6.45) is -1.07. The standard InChI is InChI=1S/C12H16F3N3/c13-12(14,15)11-4-3-10(9-17-11)18-7-1-5-16-6-2-8-18/h3-4,9,16H,1-2,5-8H2. The van der Waals surface area contributed by atoms with E-state index in [1.165, 1.54) is 12.3 Å². The third-order valence-corrected chi connectivity index (χ3v) is 2.97. The summed E-state index contributed by atoms with van der Waals surface area (Å²) in [5, 5.41) is 3.30. The first-order valence-corrected chi connectivity index (χ1v) is 6.06. The van der Waals surface area contributed by atoms with Gasteiger partial charge in [-0.15, -0.1) is 0 Å². The van der Waals surface area contributed by atoms with E-state index in [0.717, 1.165) is 50.8 Å². The molecule has 1 saturated heterocycles. The van der Waals surface area contributed by atoms with Crippen molar-refractivity contribution in [1.82, 2.24) is 10.3 Å². The van der Waals surface area contributed by atoms with Crippen LogP contribution in [-0.4, -0.2) is 31.2 Å². The highest BCUT2D eigenvalue weighted by Crippen LogP contribution is 2.28. The van der Waals surface area contributed by atoms with Gasteiger partial charge in [0.25, 0.3) is 0 Å². The minimum atomic E-state index is -4.36. The fourth-order valence-electron chi connectivity index (χ4n) is 2.03. The van der Waals surface area contributed by atoms with Gasteiger partial charge in [-0.3, -0.25) is 0 Å². The lowest BCUT2D eigenvalue weighted by Crippen LogP contribution is -2.34. The summed E-state index contributed by atoms with van der Waals surface area (Å²) in [6.45, 7) is 3.59. The molecule has 18 heavy (non-hydrogen) atoms. The molecule has 6 heteroatoms. The largest absolute Gasteiger partial charge is 0.433 e. The molecule has 1 N–H and O–H groups in total. The summed E-state index contributed by atoms with van der Waals surface area (Å²) in [7, 11) is 0. The number of rotatable bonds is 1. The molecule has 0 aliphatic carbocycles. The highest BCUT2D eigenvalue weighted by molar-refractivity contribution is 5.44. The van der Waals surface area contributed by atoms with Crippen molar-refractivity contribution in [3.63, 3.8) is 0 Å². The molecule has 3 nitrogen and oxygen atoms in total. The van der Waals surface area contributed by atoms with Crippen molar-refractivity contribution in [1.29, 1.82) is 0 Å². The first-order valence-electron chi connectivity index (χ1n) is 6.06. The monoisotopic (exact) mass is 259 g/mol. The fourth-order valence-corrected chi connectivity index (χ4v) is 2.03. The van der Waals surface area contributed by atoms with E-state index in [-0.39, 0.29) is 0 Å². The first kappa shape index (κ1) is 13.1. The molecule has 0 atom stereocenters. The van der Waals surface area contributed by atoms with Crippen molar-refractivity contribution in [2.75, 3.05) is 31.1 Å². The third-order valence-electron chi connectivity index (χ3n) is 2.97. The average molecular weight is 259 g/mol. The van der Waals surface area contributed by atoms with E-state index in [4.69, 9.17) is 0 Å². The van der Waals surface area contributed by atoms with Crippen LogP contribution in [0.3, 0.4) is 0 Å². The molecule has 0 unspecified atom stereocenters. The van der Waals surface area contributed by atoms with Gasteiger partial charge in [0.05, 0.1) is 11.9 Å². The maximum Gasteiger partial charge on any atom is 0.433 e. The second-order valence-corrected chi connectivity index (χ2v) is 4.34. The van der Waals surface area contributed by atoms with Gasteiger partial charge in [-0.05, 0) is 38.1 Å². The number of halogens is 3. The molecule has 1 aromatic rings. The molecular weight excluding hydrogens is 243 g/mol. The highest BCUT2D eigenvalue weighted by Gasteiger charge is 2.32. The maximum absolute atomic E-state index is 12.4. The number of alkyl halides is 3. The lowest BCUT2D eigenvalue weighted by atomic mass is 10.2. The minimum Gasteiger partial charge on any atom is -0.370 e. The Morgan fingerprint density at radius 3 is 2.28 bits per heavy atom. The molecule has 0 spiro atoms. The minimum absolute atomic E-state index is 0.768. The van der Waals surface area contributed by atoms with E-state index < -0.39 is 11.9 Å². The van der Waals surface area contributed by atoms with Crippen LogP contribution in [0.4, 0.5) is 18.9 Å². The Bertz CT molecular complexity index is 367. The predicted octanol–water partition coefficient (Wildman–Crippen LogP) is 2.29. The molecule has 1 aromatic heterocycles. The number of aromatic nitrogens is 1. The van der Waals surface area contributed by atoms with Gasteiger partial charge in [-0.2, -0.15) is 13.2 Å². The zero-order valence-electron chi connectivity index (χ0n) is 10.0. The topological polar surface area (TPSA) is 28.2 Å². The van der Waals surface area contributed by atoms with Gasteiger partial charge in [0.2, 0.25) is 0 Å². The number of nitrogens with one attached hydrogen (secondary N) is 1. The van der Waals surface area contributed by atoms with Gasteiger partial charge >= 0.3 is 6.18 Å². The quantitative estimate of drug-likeness (QED) is 0.838. The molecule has 100 valence electrons. The average Bonchev–Trinajstić information content (AvgIpc) is 2.27. The second-order valence-electron chi connectivity index (χ2n) is 4.34. The number of pyridine rings is 1. The van der Waals surface area contributed by atoms with Gasteiger partial charge in [0.15, 0.2) is 0 Å². The van der Waals surface area contributed by atoms with E-state index in [1.54, 1.807) is 0 Å². The number of nitrogens with zero attached hydrogens (tertiary/aromatic N) is 2. The van der Waals surface area contributed by atoms with Crippen molar-refractivity contribution >= 4 is 5.69 Å². The van der Waals surface area contributed by atoms with Crippen molar-refractivity contribution in [3.8, 4) is 0 Å². The Labute approximate surface area is 104 Å². The SMILES string of the molecule is FC(F)(F)c1ccc(N2CCCNCCC2)cn1. The predicted molar refractivity (Wildman–Crippen MR) is 63.6 cm³/mol. The zero-order valence-corrected chi connectivity index (χ0v) is 10.0. The van der Waals surface area contributed by atoms with Gasteiger partial charge in [-0.25, -0.2) is 4.98 Å². The van der Waals surface area contributed by atoms with E-state index >= 15 is 0 Å². The van der Waals surface area contributed by atoms with Crippen molar-refractivity contribution in [2.24, 2.45) is 0 Å². The van der Waals surface area contributed by atoms with Crippen LogP contribution in [-0.2, 0) is 6.18 Å². The summed E-state index contributed by atoms with van der Waals surface area (Å²) in [4.78, 5) is 5.59. The molecule has 0 bridgehead atoms. The number of hydrogen-bond acceptors (Lipinski definition) is 3. The summed E-state index contributed by atoms with van der Waals surface area (Å²) in [5.41, 5.74) is -0.0649. The Balaban J connectivity index is 2.07. The van der Waals surface area contributed by atoms with E-state index in [2.05, 4.69) is 15.2 Å². The van der Waals surface area contributed by atoms with Crippen molar-refractivity contribution in [2.45, 2.75) is 19.0 Å². The first-order chi connectivity index (χ1) is 8.57. The second kappa shape index (κ2) is 5.56. The molecular formula is C12H16F3N3. The summed E-state index contributed by atoms with van der Waals surface area (Å²) < 4.78 is 37.2. The van der Waals surface area contributed by atoms with Crippen LogP contribution in [0.5, 0.6) is 0 Å². The lowest BCUT2D eigenvalue weighted by molar-refractivity contribution is -0.141. The van der Waals surface area contributed by atoms with Gasteiger partial charge < -0.3 is 10.2 Å². The molecule has 2 heterocycles. The van der Waals surface area contributed by atoms with Crippen molar-refractivity contribution in [3.05, 3.63) is 24.0 Å². The van der Waals surface area contributed by atoms with E-state index in [0.29, 0.717) is 0 Å². The number of hydrogen-bond donors (Lipinski definition) is 1. The van der Waals surface area contributed by atoms with Gasteiger partial charge in [-0.1, -0.05) is 0 Å². The van der Waals surface area contributed by atoms with E-state index in [1.807, 2.05) is 0 Å². The molecule has 0 radical (unpaired) electrons. The molecule has 1 fully saturated rings. The smallest absolute Gasteiger partial charge is 0.370 e. The van der Waals surface area contributed by atoms with Crippen LogP contribution < -0.4 is 10.2 Å². The lowest BCUT2D eigenvalue weighted by Gasteiger charge is -2.27. The highest BCUT2D eigenvalue weighted by atomic mass is 19.4. The Morgan fingerprint density at radius 2 is 1.78 bits per heavy atom. The van der Waals surface area contributed by atoms with Crippen LogP contribution in [0.25, 0.3) is 0 Å². The summed E-state index contributed by atoms with van der Waals surface area (Å²) >= 11 is 0. The zero-order chi connectivity index (χ0) is 13.0. The van der Waals surface area contributed by atoms with Crippen molar-refractivity contribution < 1.29 is 13.2 Å². The van der Waals surface area contributed by atoms with Crippen LogP contribution in [0.2, 0.25) is 0 Å². The van der Waals surface area contributed by atoms with E-state index in [9.17, 15) is 13.2 Å². The third kappa shape index (κ3) is 3.35. The van der Waals surface area contributed by atoms with Crippen LogP contribution >= 0.6 is 0 Å². The fraction of sp³-hybridized carbons (Fsp3) is 0.583. The molecule has 1 aliphatic rings. The molecule has 2 rings (SSSR count). The Hall–Kier alpha value is -1.30. The molecule has 1 aliphatic heterocycles.